The van der Waals surface area contributed by atoms with E-state index in [1.165, 1.54) is 17.5 Å². The van der Waals surface area contributed by atoms with Crippen LogP contribution in [0, 0.1) is 0 Å². The van der Waals surface area contributed by atoms with Gasteiger partial charge >= 0.3 is 18.2 Å². The van der Waals surface area contributed by atoms with E-state index in [4.69, 9.17) is 5.11 Å². The fourth-order valence-electron chi connectivity index (χ4n) is 1.29. The highest BCUT2D eigenvalue weighted by molar-refractivity contribution is 7.10. The number of ether oxygens (including phenoxy) is 2. The highest BCUT2D eigenvalue weighted by Crippen LogP contribution is 2.41. The fourth-order valence-corrected chi connectivity index (χ4v) is 2.13. The first kappa shape index (κ1) is 15.1. The van der Waals surface area contributed by atoms with Crippen LogP contribution in [0.15, 0.2) is 17.5 Å². The molecule has 8 nitrogen and oxygen atoms in total. The number of carbonyl (C=O) groups excluding carboxylic acids is 2. The second-order valence-corrected chi connectivity index (χ2v) is 4.31. The molecule has 0 fully saturated rings. The largest absolute Gasteiger partial charge is 0.420 e. The van der Waals surface area contributed by atoms with Gasteiger partial charge in [-0.05, 0) is 11.4 Å². The van der Waals surface area contributed by atoms with Crippen LogP contribution < -0.4 is 11.5 Å². The van der Waals surface area contributed by atoms with Crippen molar-refractivity contribution in [2.24, 2.45) is 11.5 Å². The summed E-state index contributed by atoms with van der Waals surface area (Å²) in [4.78, 5) is 21.1. The van der Waals surface area contributed by atoms with Crippen molar-refractivity contribution < 1.29 is 33.7 Å². The summed E-state index contributed by atoms with van der Waals surface area (Å²) in [5.41, 5.74) is 6.19. The van der Waals surface area contributed by atoms with Crippen LogP contribution >= 0.6 is 11.3 Å². The van der Waals surface area contributed by atoms with Gasteiger partial charge in [0.1, 0.15) is 0 Å². The Kier molecular flexibility index (Phi) is 4.29. The number of primary amides is 2. The zero-order valence-electron chi connectivity index (χ0n) is 9.41. The summed E-state index contributed by atoms with van der Waals surface area (Å²) in [6.07, 6.45) is -3.26. The van der Waals surface area contributed by atoms with Gasteiger partial charge in [-0.25, -0.2) is 14.0 Å². The number of carbonyl (C=O) groups is 2. The van der Waals surface area contributed by atoms with Crippen LogP contribution in [0.1, 0.15) is 4.88 Å². The summed E-state index contributed by atoms with van der Waals surface area (Å²) in [6, 6.07) is 2.58. The first-order valence-electron chi connectivity index (χ1n) is 4.78. The van der Waals surface area contributed by atoms with Crippen LogP contribution in [0.3, 0.4) is 0 Å². The molecule has 19 heavy (non-hydrogen) atoms. The number of alkyl halides is 1. The molecule has 1 aromatic rings. The highest BCUT2D eigenvalue weighted by Gasteiger charge is 2.61. The second-order valence-electron chi connectivity index (χ2n) is 3.36. The predicted octanol–water partition coefficient (Wildman–Crippen LogP) is -0.258. The zero-order chi connectivity index (χ0) is 14.7. The van der Waals surface area contributed by atoms with Gasteiger partial charge in [-0.15, -0.1) is 11.3 Å². The Morgan fingerprint density at radius 1 is 1.37 bits per heavy atom. The van der Waals surface area contributed by atoms with Gasteiger partial charge in [-0.1, -0.05) is 6.07 Å². The number of rotatable bonds is 5. The lowest BCUT2D eigenvalue weighted by Gasteiger charge is -2.35. The van der Waals surface area contributed by atoms with Crippen molar-refractivity contribution in [1.82, 2.24) is 0 Å². The molecular weight excluding hydrogens is 283 g/mol. The third-order valence-corrected chi connectivity index (χ3v) is 3.12. The van der Waals surface area contributed by atoms with E-state index >= 15 is 0 Å². The topological polar surface area (TPSA) is 145 Å². The summed E-state index contributed by atoms with van der Waals surface area (Å²) < 4.78 is 22.8. The van der Waals surface area contributed by atoms with Gasteiger partial charge in [0, 0.05) is 0 Å². The van der Waals surface area contributed by atoms with Crippen LogP contribution in [0.5, 0.6) is 0 Å². The fraction of sp³-hybridized carbons (Fsp3) is 0.333. The number of aliphatic hydroxyl groups is 2. The Morgan fingerprint density at radius 2 is 1.89 bits per heavy atom. The van der Waals surface area contributed by atoms with Crippen molar-refractivity contribution in [3.8, 4) is 0 Å². The minimum atomic E-state index is -3.48. The molecule has 0 saturated heterocycles. The van der Waals surface area contributed by atoms with Crippen molar-refractivity contribution >= 4 is 23.5 Å². The predicted molar refractivity (Wildman–Crippen MR) is 60.5 cm³/mol. The van der Waals surface area contributed by atoms with E-state index in [0.717, 1.165) is 11.3 Å². The molecule has 6 N–H and O–H groups in total. The number of amides is 2. The van der Waals surface area contributed by atoms with E-state index in [9.17, 15) is 19.1 Å². The van der Waals surface area contributed by atoms with Crippen molar-refractivity contribution in [1.29, 1.82) is 0 Å². The number of hydrogen-bond acceptors (Lipinski definition) is 7. The van der Waals surface area contributed by atoms with Gasteiger partial charge in [0.25, 0.3) is 5.67 Å². The lowest BCUT2D eigenvalue weighted by Crippen LogP contribution is -2.58. The van der Waals surface area contributed by atoms with E-state index in [1.807, 2.05) is 0 Å². The van der Waals surface area contributed by atoms with E-state index in [0.29, 0.717) is 0 Å². The van der Waals surface area contributed by atoms with Crippen LogP contribution in [0.4, 0.5) is 14.0 Å². The summed E-state index contributed by atoms with van der Waals surface area (Å²) in [6.45, 7) is -1.36. The molecule has 0 spiro atoms. The molecule has 0 bridgehead atoms. The SMILES string of the molecule is NC(=O)OC(O)(OC(N)=O)C(F)(CO)c1cccs1. The van der Waals surface area contributed by atoms with E-state index in [-0.39, 0.29) is 4.88 Å². The molecule has 1 aromatic heterocycles. The smallest absolute Gasteiger partial charge is 0.392 e. The molecule has 0 saturated carbocycles. The quantitative estimate of drug-likeness (QED) is 0.550. The molecule has 106 valence electrons. The molecule has 1 atom stereocenters. The standard InChI is InChI=1S/C9H11FN2O6S/c10-8(4-13,5-2-1-3-19-5)9(16,17-6(11)14)18-7(12)15/h1-3,13,16H,4H2,(H2,11,14)(H2,12,15). The van der Waals surface area contributed by atoms with Crippen LogP contribution in [0.25, 0.3) is 0 Å². The summed E-state index contributed by atoms with van der Waals surface area (Å²) in [5.74, 6) is -3.48. The van der Waals surface area contributed by atoms with Gasteiger partial charge in [-0.2, -0.15) is 0 Å². The Morgan fingerprint density at radius 3 is 2.21 bits per heavy atom. The Bertz CT molecular complexity index is 451. The number of hydrogen-bond donors (Lipinski definition) is 4. The van der Waals surface area contributed by atoms with Gasteiger partial charge in [-0.3, -0.25) is 0 Å². The average molecular weight is 294 g/mol. The third-order valence-electron chi connectivity index (χ3n) is 2.11. The molecule has 0 radical (unpaired) electrons. The van der Waals surface area contributed by atoms with Crippen molar-refractivity contribution in [3.05, 3.63) is 22.4 Å². The monoisotopic (exact) mass is 294 g/mol. The molecule has 1 heterocycles. The molecule has 0 aromatic carbocycles. The normalized spacial score (nSPS) is 14.5. The van der Waals surface area contributed by atoms with E-state index in [1.54, 1.807) is 0 Å². The lowest BCUT2D eigenvalue weighted by molar-refractivity contribution is -0.372. The molecule has 2 amide bonds. The number of thiophene rings is 1. The number of halogens is 1. The lowest BCUT2D eigenvalue weighted by atomic mass is 10.0. The minimum absolute atomic E-state index is 0.264. The maximum Gasteiger partial charge on any atom is 0.420 e. The minimum Gasteiger partial charge on any atom is -0.392 e. The first-order chi connectivity index (χ1) is 8.75. The Balaban J connectivity index is 3.27. The molecule has 1 unspecified atom stereocenters. The average Bonchev–Trinajstić information content (AvgIpc) is 2.78. The third kappa shape index (κ3) is 2.92. The van der Waals surface area contributed by atoms with Crippen molar-refractivity contribution in [2.75, 3.05) is 6.61 Å². The summed E-state index contributed by atoms with van der Waals surface area (Å²) >= 11 is 0.776. The summed E-state index contributed by atoms with van der Waals surface area (Å²) in [7, 11) is 0. The highest BCUT2D eigenvalue weighted by atomic mass is 32.1. The van der Waals surface area contributed by atoms with Crippen LogP contribution in [-0.2, 0) is 15.1 Å². The summed E-state index contributed by atoms with van der Waals surface area (Å²) in [5, 5.41) is 20.4. The first-order valence-corrected chi connectivity index (χ1v) is 5.66. The Hall–Kier alpha value is -1.91. The van der Waals surface area contributed by atoms with Crippen LogP contribution in [-0.4, -0.2) is 35.0 Å². The van der Waals surface area contributed by atoms with Crippen molar-refractivity contribution in [3.63, 3.8) is 0 Å². The van der Waals surface area contributed by atoms with Crippen LogP contribution in [0.2, 0.25) is 0 Å². The number of aliphatic hydroxyl groups excluding tert-OH is 1. The van der Waals surface area contributed by atoms with Gasteiger partial charge in [0.05, 0.1) is 11.5 Å². The van der Waals surface area contributed by atoms with Crippen molar-refractivity contribution in [2.45, 2.75) is 11.6 Å². The molecule has 10 heteroatoms. The maximum atomic E-state index is 14.7. The second kappa shape index (κ2) is 5.38. The van der Waals surface area contributed by atoms with Gasteiger partial charge in [0.15, 0.2) is 0 Å². The molecule has 0 aliphatic heterocycles. The zero-order valence-corrected chi connectivity index (χ0v) is 10.2. The van der Waals surface area contributed by atoms with E-state index < -0.39 is 30.4 Å². The van der Waals surface area contributed by atoms with E-state index in [2.05, 4.69) is 20.9 Å². The van der Waals surface area contributed by atoms with Gasteiger partial charge < -0.3 is 31.2 Å². The molecule has 1 rings (SSSR count). The molecular formula is C9H11FN2O6S. The Labute approximate surface area is 110 Å². The van der Waals surface area contributed by atoms with Gasteiger partial charge in [0.2, 0.25) is 0 Å². The molecule has 0 aliphatic carbocycles. The number of nitrogens with two attached hydrogens (primary N) is 2. The molecule has 0 aliphatic rings. The maximum absolute atomic E-state index is 14.7.